The average molecular weight is 433 g/mol. The molecule has 2 aliphatic heterocycles. The molecule has 1 aromatic heterocycles. The van der Waals surface area contributed by atoms with Crippen molar-refractivity contribution in [3.63, 3.8) is 0 Å². The van der Waals surface area contributed by atoms with Gasteiger partial charge in [0.25, 0.3) is 0 Å². The van der Waals surface area contributed by atoms with E-state index in [0.717, 1.165) is 37.3 Å². The van der Waals surface area contributed by atoms with Gasteiger partial charge in [0.15, 0.2) is 5.82 Å². The second-order valence-corrected chi connectivity index (χ2v) is 8.09. The third kappa shape index (κ3) is 4.99. The molecule has 30 heavy (non-hydrogen) atoms. The largest absolute Gasteiger partial charge is 0.338 e. The third-order valence-corrected chi connectivity index (χ3v) is 5.80. The van der Waals surface area contributed by atoms with Gasteiger partial charge in [0, 0.05) is 32.5 Å². The molecule has 2 saturated heterocycles. The van der Waals surface area contributed by atoms with Crippen molar-refractivity contribution in [2.45, 2.75) is 38.6 Å². The first kappa shape index (κ1) is 22.2. The van der Waals surface area contributed by atoms with E-state index in [1.54, 1.807) is 16.6 Å². The van der Waals surface area contributed by atoms with Crippen LogP contribution in [0.25, 0.3) is 0 Å². The van der Waals surface area contributed by atoms with Gasteiger partial charge in [-0.1, -0.05) is 29.8 Å². The first-order valence-corrected chi connectivity index (χ1v) is 10.3. The van der Waals surface area contributed by atoms with E-state index in [9.17, 15) is 9.59 Å². The Hall–Kier alpha value is -2.45. The Labute approximate surface area is 182 Å². The molecule has 2 N–H and O–H groups in total. The second kappa shape index (κ2) is 9.57. The first-order chi connectivity index (χ1) is 14.0. The summed E-state index contributed by atoms with van der Waals surface area (Å²) in [5.74, 6) is 1.04. The number of amides is 2. The quantitative estimate of drug-likeness (QED) is 0.753. The number of aromatic nitrogens is 3. The van der Waals surface area contributed by atoms with Gasteiger partial charge in [-0.15, -0.1) is 12.4 Å². The van der Waals surface area contributed by atoms with Gasteiger partial charge in [-0.25, -0.2) is 4.68 Å². The molecule has 4 rings (SSSR count). The number of aryl methyl sites for hydroxylation is 2. The predicted molar refractivity (Wildman–Crippen MR) is 116 cm³/mol. The molecule has 0 radical (unpaired) electrons. The fourth-order valence-corrected chi connectivity index (χ4v) is 3.99. The van der Waals surface area contributed by atoms with E-state index in [0.29, 0.717) is 25.0 Å². The SMILES string of the molecule is Cc1ccc(CN2CC(C(=O)Nc3nc(C4CCNCC4)nn3C)CC2=O)cc1.Cl. The summed E-state index contributed by atoms with van der Waals surface area (Å²) in [6, 6.07) is 8.12. The van der Waals surface area contributed by atoms with Gasteiger partial charge in [0.2, 0.25) is 17.8 Å². The van der Waals surface area contributed by atoms with E-state index in [1.165, 1.54) is 5.56 Å². The zero-order valence-corrected chi connectivity index (χ0v) is 18.2. The molecule has 2 aromatic rings. The van der Waals surface area contributed by atoms with Crippen molar-refractivity contribution in [1.29, 1.82) is 0 Å². The lowest BCUT2D eigenvalue weighted by Crippen LogP contribution is -2.28. The molecular formula is C21H29ClN6O2. The number of hydrogen-bond donors (Lipinski definition) is 2. The zero-order chi connectivity index (χ0) is 20.4. The van der Waals surface area contributed by atoms with Gasteiger partial charge in [0.1, 0.15) is 0 Å². The minimum atomic E-state index is -0.369. The van der Waals surface area contributed by atoms with Crippen molar-refractivity contribution in [2.24, 2.45) is 13.0 Å². The topological polar surface area (TPSA) is 92.2 Å². The van der Waals surface area contributed by atoms with Crippen LogP contribution < -0.4 is 10.6 Å². The Kier molecular flexibility index (Phi) is 7.10. The van der Waals surface area contributed by atoms with E-state index in [-0.39, 0.29) is 36.6 Å². The molecule has 8 nitrogen and oxygen atoms in total. The molecule has 2 aliphatic rings. The number of carbonyl (C=O) groups excluding carboxylic acids is 2. The summed E-state index contributed by atoms with van der Waals surface area (Å²) in [4.78, 5) is 31.5. The summed E-state index contributed by atoms with van der Waals surface area (Å²) in [5.41, 5.74) is 2.26. The van der Waals surface area contributed by atoms with Crippen molar-refractivity contribution in [1.82, 2.24) is 25.0 Å². The summed E-state index contributed by atoms with van der Waals surface area (Å²) in [7, 11) is 1.79. The normalized spacial score (nSPS) is 19.6. The van der Waals surface area contributed by atoms with Crippen molar-refractivity contribution in [2.75, 3.05) is 25.0 Å². The number of rotatable bonds is 5. The second-order valence-electron chi connectivity index (χ2n) is 8.09. The number of anilines is 1. The van der Waals surface area contributed by atoms with E-state index < -0.39 is 0 Å². The number of likely N-dealkylation sites (tertiary alicyclic amines) is 1. The van der Waals surface area contributed by atoms with Gasteiger partial charge >= 0.3 is 0 Å². The molecule has 1 aromatic carbocycles. The highest BCUT2D eigenvalue weighted by atomic mass is 35.5. The predicted octanol–water partition coefficient (Wildman–Crippen LogP) is 2.00. The van der Waals surface area contributed by atoms with Crippen LogP contribution in [-0.4, -0.2) is 51.1 Å². The van der Waals surface area contributed by atoms with Gasteiger partial charge in [0.05, 0.1) is 5.92 Å². The minimum Gasteiger partial charge on any atom is -0.338 e. The molecule has 1 atom stereocenters. The monoisotopic (exact) mass is 432 g/mol. The molecule has 0 spiro atoms. The average Bonchev–Trinajstić information content (AvgIpc) is 3.27. The van der Waals surface area contributed by atoms with Crippen molar-refractivity contribution < 1.29 is 9.59 Å². The lowest BCUT2D eigenvalue weighted by molar-refractivity contribution is -0.128. The molecule has 1 unspecified atom stereocenters. The summed E-state index contributed by atoms with van der Waals surface area (Å²) in [6.45, 7) is 4.93. The molecule has 9 heteroatoms. The Bertz CT molecular complexity index is 891. The van der Waals surface area contributed by atoms with E-state index in [4.69, 9.17) is 0 Å². The smallest absolute Gasteiger partial charge is 0.232 e. The summed E-state index contributed by atoms with van der Waals surface area (Å²) in [6.07, 6.45) is 2.24. The number of benzene rings is 1. The Morgan fingerprint density at radius 2 is 1.93 bits per heavy atom. The van der Waals surface area contributed by atoms with Crippen LogP contribution in [0.2, 0.25) is 0 Å². The number of nitrogens with one attached hydrogen (secondary N) is 2. The van der Waals surface area contributed by atoms with Crippen molar-refractivity contribution in [3.8, 4) is 0 Å². The van der Waals surface area contributed by atoms with Gasteiger partial charge < -0.3 is 10.2 Å². The number of carbonyl (C=O) groups is 2. The van der Waals surface area contributed by atoms with E-state index in [1.807, 2.05) is 31.2 Å². The molecule has 2 fully saturated rings. The Morgan fingerprint density at radius 3 is 2.63 bits per heavy atom. The Morgan fingerprint density at radius 1 is 1.23 bits per heavy atom. The van der Waals surface area contributed by atoms with Crippen LogP contribution in [0, 0.1) is 12.8 Å². The molecule has 162 valence electrons. The molecule has 2 amide bonds. The number of piperidine rings is 1. The lowest BCUT2D eigenvalue weighted by atomic mass is 9.98. The minimum absolute atomic E-state index is 0. The maximum atomic E-state index is 12.8. The van der Waals surface area contributed by atoms with Crippen LogP contribution in [0.4, 0.5) is 5.95 Å². The fourth-order valence-electron chi connectivity index (χ4n) is 3.99. The molecule has 0 saturated carbocycles. The Balaban J connectivity index is 0.00000256. The highest BCUT2D eigenvalue weighted by Crippen LogP contribution is 2.25. The fraction of sp³-hybridized carbons (Fsp3) is 0.524. The van der Waals surface area contributed by atoms with E-state index >= 15 is 0 Å². The van der Waals surface area contributed by atoms with Crippen LogP contribution in [0.3, 0.4) is 0 Å². The van der Waals surface area contributed by atoms with Crippen molar-refractivity contribution >= 4 is 30.2 Å². The van der Waals surface area contributed by atoms with Crippen molar-refractivity contribution in [3.05, 3.63) is 41.2 Å². The van der Waals surface area contributed by atoms with Gasteiger partial charge in [-0.2, -0.15) is 10.1 Å². The van der Waals surface area contributed by atoms with Crippen LogP contribution >= 0.6 is 12.4 Å². The summed E-state index contributed by atoms with van der Waals surface area (Å²) >= 11 is 0. The standard InChI is InChI=1S/C21H28N6O2.ClH/c1-14-3-5-15(6-4-14)12-27-13-17(11-18(27)28)20(29)24-21-23-19(25-26(21)2)16-7-9-22-10-8-16;/h3-6,16-17,22H,7-13H2,1-2H3,(H,23,24,25,29);1H. The van der Waals surface area contributed by atoms with Crippen LogP contribution in [0.1, 0.15) is 42.1 Å². The number of hydrogen-bond acceptors (Lipinski definition) is 5. The molecule has 0 bridgehead atoms. The third-order valence-electron chi connectivity index (χ3n) is 5.80. The zero-order valence-electron chi connectivity index (χ0n) is 17.4. The first-order valence-electron chi connectivity index (χ1n) is 10.3. The maximum Gasteiger partial charge on any atom is 0.232 e. The van der Waals surface area contributed by atoms with Gasteiger partial charge in [-0.05, 0) is 38.4 Å². The summed E-state index contributed by atoms with van der Waals surface area (Å²) in [5, 5.41) is 10.7. The molecule has 3 heterocycles. The molecular weight excluding hydrogens is 404 g/mol. The van der Waals surface area contributed by atoms with Crippen LogP contribution in [0.15, 0.2) is 24.3 Å². The number of nitrogens with zero attached hydrogens (tertiary/aromatic N) is 4. The van der Waals surface area contributed by atoms with Crippen LogP contribution in [-0.2, 0) is 23.2 Å². The van der Waals surface area contributed by atoms with Crippen LogP contribution in [0.5, 0.6) is 0 Å². The number of halogens is 1. The van der Waals surface area contributed by atoms with Gasteiger partial charge in [-0.3, -0.25) is 14.9 Å². The highest BCUT2D eigenvalue weighted by Gasteiger charge is 2.35. The molecule has 0 aliphatic carbocycles. The lowest BCUT2D eigenvalue weighted by Gasteiger charge is -2.19. The summed E-state index contributed by atoms with van der Waals surface area (Å²) < 4.78 is 1.62. The maximum absolute atomic E-state index is 12.8. The highest BCUT2D eigenvalue weighted by molar-refractivity contribution is 5.96. The van der Waals surface area contributed by atoms with E-state index in [2.05, 4.69) is 20.7 Å².